The molecule has 3 N–H and O–H groups in total. The molecule has 4 heterocycles. The lowest BCUT2D eigenvalue weighted by molar-refractivity contribution is 0.0612. The van der Waals surface area contributed by atoms with Crippen molar-refractivity contribution < 1.29 is 19.0 Å². The maximum Gasteiger partial charge on any atom is 0.262 e. The van der Waals surface area contributed by atoms with Gasteiger partial charge in [-0.1, -0.05) is 35.9 Å². The minimum atomic E-state index is -0.526. The molecule has 1 amide bonds. The minimum Gasteiger partial charge on any atom is -0.493 e. The second kappa shape index (κ2) is 13.9. The maximum atomic E-state index is 13.7. The lowest BCUT2D eigenvalue weighted by Gasteiger charge is -2.23. The van der Waals surface area contributed by atoms with Crippen molar-refractivity contribution >= 4 is 17.5 Å². The summed E-state index contributed by atoms with van der Waals surface area (Å²) in [5, 5.41) is 2.82. The predicted octanol–water partition coefficient (Wildman–Crippen LogP) is 6.23. The molecule has 6 rings (SSSR count). The van der Waals surface area contributed by atoms with Crippen LogP contribution in [0.15, 0.2) is 90.2 Å². The predicted molar refractivity (Wildman–Crippen MR) is 183 cm³/mol. The molecule has 0 bridgehead atoms. The monoisotopic (exact) mass is 631 g/mol. The molecule has 0 atom stereocenters. The van der Waals surface area contributed by atoms with Gasteiger partial charge in [0.15, 0.2) is 11.5 Å². The number of pyridine rings is 3. The standard InChI is InChI=1S/C37H37N5O5/c1-23-4-6-25(7-5-23)30-21-42(20-24-12-14-47-15-13-24)22-31(35(30)43)37(44)41-34-11-9-27(18-39-34)29-16-28(19-40-36(29)38)26-8-10-32(45-2)33(17-26)46-3/h4-11,16-19,21-22,24H,12-15,20H2,1-3H3,(H2,38,40)(H,39,41,44). The fourth-order valence-electron chi connectivity index (χ4n) is 5.76. The normalized spacial score (nSPS) is 13.3. The van der Waals surface area contributed by atoms with Gasteiger partial charge in [0.05, 0.1) is 14.2 Å². The molecule has 10 heteroatoms. The van der Waals surface area contributed by atoms with Crippen molar-refractivity contribution in [2.75, 3.05) is 38.5 Å². The summed E-state index contributed by atoms with van der Waals surface area (Å²) in [7, 11) is 3.18. The summed E-state index contributed by atoms with van der Waals surface area (Å²) in [5.74, 6) is 1.74. The van der Waals surface area contributed by atoms with Crippen molar-refractivity contribution in [2.24, 2.45) is 5.92 Å². The number of nitrogens with two attached hydrogens (primary N) is 1. The second-order valence-corrected chi connectivity index (χ2v) is 11.6. The number of rotatable bonds is 9. The summed E-state index contributed by atoms with van der Waals surface area (Å²) in [5.41, 5.74) is 11.4. The van der Waals surface area contributed by atoms with E-state index in [1.54, 1.807) is 44.9 Å². The third-order valence-electron chi connectivity index (χ3n) is 8.45. The Bertz CT molecular complexity index is 1950. The molecular formula is C37H37N5O5. The molecule has 3 aromatic heterocycles. The number of nitrogen functional groups attached to an aromatic ring is 1. The molecule has 1 aliphatic rings. The average Bonchev–Trinajstić information content (AvgIpc) is 3.10. The van der Waals surface area contributed by atoms with E-state index in [4.69, 9.17) is 19.9 Å². The number of aryl methyl sites for hydroxylation is 1. The molecule has 240 valence electrons. The Morgan fingerprint density at radius 2 is 1.57 bits per heavy atom. The van der Waals surface area contributed by atoms with Crippen LogP contribution in [0.1, 0.15) is 28.8 Å². The lowest BCUT2D eigenvalue weighted by atomic mass is 9.99. The first-order valence-electron chi connectivity index (χ1n) is 15.5. The number of hydrogen-bond donors (Lipinski definition) is 2. The number of hydrogen-bond acceptors (Lipinski definition) is 8. The van der Waals surface area contributed by atoms with E-state index in [2.05, 4.69) is 15.3 Å². The van der Waals surface area contributed by atoms with E-state index in [-0.39, 0.29) is 11.0 Å². The smallest absolute Gasteiger partial charge is 0.262 e. The highest BCUT2D eigenvalue weighted by Crippen LogP contribution is 2.35. The number of aromatic nitrogens is 3. The Kier molecular flexibility index (Phi) is 9.30. The van der Waals surface area contributed by atoms with Crippen LogP contribution in [-0.4, -0.2) is 47.9 Å². The maximum absolute atomic E-state index is 13.7. The van der Waals surface area contributed by atoms with Crippen LogP contribution in [0.4, 0.5) is 11.6 Å². The van der Waals surface area contributed by atoms with Crippen molar-refractivity contribution in [2.45, 2.75) is 26.3 Å². The van der Waals surface area contributed by atoms with Crippen molar-refractivity contribution in [3.05, 3.63) is 107 Å². The van der Waals surface area contributed by atoms with Crippen LogP contribution in [0.5, 0.6) is 11.5 Å². The molecule has 2 aromatic carbocycles. The van der Waals surface area contributed by atoms with Gasteiger partial charge in [-0.25, -0.2) is 9.97 Å². The number of ether oxygens (including phenoxy) is 3. The van der Waals surface area contributed by atoms with Crippen molar-refractivity contribution in [1.29, 1.82) is 0 Å². The molecule has 0 spiro atoms. The summed E-state index contributed by atoms with van der Waals surface area (Å²) >= 11 is 0. The molecule has 0 aliphatic carbocycles. The number of carbonyl (C=O) groups is 1. The lowest BCUT2D eigenvalue weighted by Crippen LogP contribution is -2.27. The Morgan fingerprint density at radius 3 is 2.28 bits per heavy atom. The number of amides is 1. The van der Waals surface area contributed by atoms with Gasteiger partial charge >= 0.3 is 0 Å². The van der Waals surface area contributed by atoms with Crippen LogP contribution >= 0.6 is 0 Å². The van der Waals surface area contributed by atoms with Crippen molar-refractivity contribution in [1.82, 2.24) is 14.5 Å². The number of benzene rings is 2. The molecule has 0 saturated carbocycles. The zero-order valence-electron chi connectivity index (χ0n) is 26.7. The third kappa shape index (κ3) is 7.02. The highest BCUT2D eigenvalue weighted by atomic mass is 16.5. The molecule has 0 radical (unpaired) electrons. The van der Waals surface area contributed by atoms with Crippen LogP contribution in [0.25, 0.3) is 33.4 Å². The quantitative estimate of drug-likeness (QED) is 0.196. The highest BCUT2D eigenvalue weighted by Gasteiger charge is 2.20. The van der Waals surface area contributed by atoms with E-state index in [1.165, 1.54) is 0 Å². The average molecular weight is 632 g/mol. The van der Waals surface area contributed by atoms with E-state index in [1.807, 2.05) is 66.2 Å². The van der Waals surface area contributed by atoms with E-state index in [9.17, 15) is 9.59 Å². The SMILES string of the molecule is COc1ccc(-c2cnc(N)c(-c3ccc(NC(=O)c4cn(CC5CCOCC5)cc(-c5ccc(C)cc5)c4=O)nc3)c2)cc1OC. The van der Waals surface area contributed by atoms with E-state index in [0.717, 1.165) is 40.7 Å². The Morgan fingerprint density at radius 1 is 0.872 bits per heavy atom. The van der Waals surface area contributed by atoms with Gasteiger partial charge in [-0.15, -0.1) is 0 Å². The van der Waals surface area contributed by atoms with Crippen LogP contribution in [0.2, 0.25) is 0 Å². The highest BCUT2D eigenvalue weighted by molar-refractivity contribution is 6.04. The van der Waals surface area contributed by atoms with Gasteiger partial charge < -0.3 is 29.8 Å². The van der Waals surface area contributed by atoms with Crippen molar-refractivity contribution in [3.8, 4) is 44.9 Å². The van der Waals surface area contributed by atoms with E-state index < -0.39 is 5.91 Å². The fraction of sp³-hybridized carbons (Fsp3) is 0.243. The first-order chi connectivity index (χ1) is 22.8. The van der Waals surface area contributed by atoms with Crippen LogP contribution < -0.4 is 26.0 Å². The number of methoxy groups -OCH3 is 2. The van der Waals surface area contributed by atoms with Crippen LogP contribution in [0.3, 0.4) is 0 Å². The molecule has 1 fully saturated rings. The molecule has 1 saturated heterocycles. The number of carbonyl (C=O) groups excluding carboxylic acids is 1. The van der Waals surface area contributed by atoms with Gasteiger partial charge in [-0.2, -0.15) is 0 Å². The van der Waals surface area contributed by atoms with Crippen molar-refractivity contribution in [3.63, 3.8) is 0 Å². The molecule has 47 heavy (non-hydrogen) atoms. The summed E-state index contributed by atoms with van der Waals surface area (Å²) in [4.78, 5) is 36.2. The molecule has 0 unspecified atom stereocenters. The Labute approximate surface area is 273 Å². The summed E-state index contributed by atoms with van der Waals surface area (Å²) in [6, 6.07) is 18.8. The van der Waals surface area contributed by atoms with Gasteiger partial charge in [0.1, 0.15) is 17.2 Å². The number of nitrogens with zero attached hydrogens (tertiary/aromatic N) is 3. The van der Waals surface area contributed by atoms with Gasteiger partial charge in [0.2, 0.25) is 5.43 Å². The number of nitrogens with one attached hydrogen (secondary N) is 1. The Balaban J connectivity index is 1.26. The molecule has 10 nitrogen and oxygen atoms in total. The summed E-state index contributed by atoms with van der Waals surface area (Å²) in [6.07, 6.45) is 8.67. The third-order valence-corrected chi connectivity index (χ3v) is 8.45. The van der Waals surface area contributed by atoms with Crippen LogP contribution in [-0.2, 0) is 11.3 Å². The van der Waals surface area contributed by atoms with Gasteiger partial charge in [0.25, 0.3) is 5.91 Å². The van der Waals surface area contributed by atoms with Gasteiger partial charge in [-0.3, -0.25) is 9.59 Å². The van der Waals surface area contributed by atoms with Gasteiger partial charge in [0, 0.05) is 66.8 Å². The zero-order valence-corrected chi connectivity index (χ0v) is 26.7. The molecular weight excluding hydrogens is 594 g/mol. The fourth-order valence-corrected chi connectivity index (χ4v) is 5.76. The first kappa shape index (κ1) is 31.5. The largest absolute Gasteiger partial charge is 0.493 e. The zero-order chi connectivity index (χ0) is 32.9. The minimum absolute atomic E-state index is 0.0528. The summed E-state index contributed by atoms with van der Waals surface area (Å²) in [6.45, 7) is 4.11. The van der Waals surface area contributed by atoms with E-state index >= 15 is 0 Å². The topological polar surface area (TPSA) is 131 Å². The van der Waals surface area contributed by atoms with E-state index in [0.29, 0.717) is 59.9 Å². The first-order valence-corrected chi connectivity index (χ1v) is 15.5. The van der Waals surface area contributed by atoms with Gasteiger partial charge in [-0.05, 0) is 67.1 Å². The second-order valence-electron chi connectivity index (χ2n) is 11.6. The van der Waals surface area contributed by atoms with Crippen LogP contribution in [0, 0.1) is 12.8 Å². The summed E-state index contributed by atoms with van der Waals surface area (Å²) < 4.78 is 18.3. The molecule has 1 aliphatic heterocycles. The molecule has 5 aromatic rings. The Hall–Kier alpha value is -5.48. The number of anilines is 2.